The molecule has 0 atom stereocenters. The highest BCUT2D eigenvalue weighted by molar-refractivity contribution is 9.10. The van der Waals surface area contributed by atoms with Gasteiger partial charge in [-0.25, -0.2) is 4.79 Å². The highest BCUT2D eigenvalue weighted by Crippen LogP contribution is 2.37. The van der Waals surface area contributed by atoms with Gasteiger partial charge in [0.2, 0.25) is 0 Å². The molecule has 7 heteroatoms. The predicted octanol–water partition coefficient (Wildman–Crippen LogP) is 1.34. The van der Waals surface area contributed by atoms with Crippen LogP contribution in [0, 0.1) is 0 Å². The highest BCUT2D eigenvalue weighted by Gasteiger charge is 2.25. The molecule has 0 bridgehead atoms. The van der Waals surface area contributed by atoms with E-state index in [0.29, 0.717) is 28.6 Å². The molecule has 3 aromatic rings. The van der Waals surface area contributed by atoms with Crippen molar-refractivity contribution in [2.45, 2.75) is 13.5 Å². The van der Waals surface area contributed by atoms with E-state index < -0.39 is 0 Å². The minimum Gasteiger partial charge on any atom is -1.00 e. The SMILES string of the molecule is CCOC(=O)c1c(CN(C)C)n(-c2ccccc2)c2cc(Br)c(O)cc12.[Cl-]. The lowest BCUT2D eigenvalue weighted by molar-refractivity contribution is -0.0000248. The van der Waals surface area contributed by atoms with Crippen LogP contribution in [0.5, 0.6) is 5.75 Å². The first-order valence-corrected chi connectivity index (χ1v) is 9.16. The van der Waals surface area contributed by atoms with E-state index in [0.717, 1.165) is 16.9 Å². The maximum Gasteiger partial charge on any atom is 0.340 e. The average Bonchev–Trinajstić information content (AvgIpc) is 2.88. The molecule has 0 spiro atoms. The van der Waals surface area contributed by atoms with Gasteiger partial charge in [-0.3, -0.25) is 0 Å². The molecular weight excluding hydrogens is 432 g/mol. The summed E-state index contributed by atoms with van der Waals surface area (Å²) in [5.74, 6) is -0.296. The van der Waals surface area contributed by atoms with Gasteiger partial charge >= 0.3 is 5.97 Å². The van der Waals surface area contributed by atoms with Crippen LogP contribution in [0.4, 0.5) is 0 Å². The zero-order chi connectivity index (χ0) is 18.8. The van der Waals surface area contributed by atoms with Gasteiger partial charge in [0, 0.05) is 17.6 Å². The summed E-state index contributed by atoms with van der Waals surface area (Å²) >= 11 is 3.39. The van der Waals surface area contributed by atoms with Crippen molar-refractivity contribution in [3.8, 4) is 11.4 Å². The normalized spacial score (nSPS) is 10.9. The second-order valence-corrected chi connectivity index (χ2v) is 7.13. The Kier molecular flexibility index (Phi) is 6.92. The first-order valence-electron chi connectivity index (χ1n) is 8.37. The van der Waals surface area contributed by atoms with Crippen molar-refractivity contribution in [3.63, 3.8) is 0 Å². The third-order valence-corrected chi connectivity index (χ3v) is 4.73. The van der Waals surface area contributed by atoms with Crippen LogP contribution < -0.4 is 12.4 Å². The van der Waals surface area contributed by atoms with E-state index in [4.69, 9.17) is 4.74 Å². The maximum atomic E-state index is 12.8. The van der Waals surface area contributed by atoms with Gasteiger partial charge in [0.1, 0.15) is 5.75 Å². The molecule has 3 rings (SSSR count). The van der Waals surface area contributed by atoms with Crippen LogP contribution in [0.1, 0.15) is 23.0 Å². The van der Waals surface area contributed by atoms with Crippen LogP contribution in [-0.2, 0) is 11.3 Å². The van der Waals surface area contributed by atoms with Gasteiger partial charge < -0.3 is 31.7 Å². The monoisotopic (exact) mass is 451 g/mol. The van der Waals surface area contributed by atoms with Crippen LogP contribution in [0.2, 0.25) is 0 Å². The summed E-state index contributed by atoms with van der Waals surface area (Å²) in [5.41, 5.74) is 3.10. The highest BCUT2D eigenvalue weighted by atomic mass is 79.9. The lowest BCUT2D eigenvalue weighted by Gasteiger charge is -2.16. The van der Waals surface area contributed by atoms with Crippen molar-refractivity contribution in [2.24, 2.45) is 0 Å². The van der Waals surface area contributed by atoms with E-state index in [1.165, 1.54) is 0 Å². The van der Waals surface area contributed by atoms with E-state index in [-0.39, 0.29) is 24.1 Å². The van der Waals surface area contributed by atoms with Crippen LogP contribution in [-0.4, -0.2) is 41.2 Å². The van der Waals surface area contributed by atoms with E-state index in [2.05, 4.69) is 15.9 Å². The van der Waals surface area contributed by atoms with Crippen molar-refractivity contribution in [3.05, 3.63) is 58.2 Å². The second kappa shape index (κ2) is 8.78. The Morgan fingerprint density at radius 2 is 1.89 bits per heavy atom. The number of rotatable bonds is 5. The van der Waals surface area contributed by atoms with Crippen molar-refractivity contribution in [1.29, 1.82) is 0 Å². The van der Waals surface area contributed by atoms with Gasteiger partial charge in [0.05, 0.1) is 27.9 Å². The molecule has 0 aliphatic heterocycles. The Hall–Kier alpha value is -2.02. The molecule has 0 aliphatic carbocycles. The Labute approximate surface area is 173 Å². The number of phenolic OH excluding ortho intramolecular Hbond substituents is 1. The summed E-state index contributed by atoms with van der Waals surface area (Å²) in [6.45, 7) is 2.63. The minimum atomic E-state index is -0.384. The number of esters is 1. The van der Waals surface area contributed by atoms with Gasteiger partial charge in [-0.2, -0.15) is 0 Å². The van der Waals surface area contributed by atoms with Crippen molar-refractivity contribution in [2.75, 3.05) is 20.7 Å². The molecule has 27 heavy (non-hydrogen) atoms. The van der Waals surface area contributed by atoms with Gasteiger partial charge in [-0.05, 0) is 61.2 Å². The number of hydrogen-bond donors (Lipinski definition) is 1. The van der Waals surface area contributed by atoms with E-state index in [9.17, 15) is 9.90 Å². The molecule has 0 unspecified atom stereocenters. The average molecular weight is 453 g/mol. The van der Waals surface area contributed by atoms with Crippen LogP contribution in [0.3, 0.4) is 0 Å². The summed E-state index contributed by atoms with van der Waals surface area (Å²) < 4.78 is 7.94. The zero-order valence-electron chi connectivity index (χ0n) is 15.4. The third kappa shape index (κ3) is 4.13. The Morgan fingerprint density at radius 3 is 2.48 bits per heavy atom. The van der Waals surface area contributed by atoms with Crippen LogP contribution in [0.15, 0.2) is 46.9 Å². The maximum absolute atomic E-state index is 12.8. The largest absolute Gasteiger partial charge is 1.00 e. The molecule has 0 saturated heterocycles. The number of carbonyl (C=O) groups is 1. The molecule has 0 saturated carbocycles. The lowest BCUT2D eigenvalue weighted by atomic mass is 10.1. The molecule has 0 radical (unpaired) electrons. The van der Waals surface area contributed by atoms with Gasteiger partial charge in [-0.15, -0.1) is 0 Å². The fraction of sp³-hybridized carbons (Fsp3) is 0.250. The molecule has 0 aliphatic rings. The number of hydrogen-bond acceptors (Lipinski definition) is 4. The standard InChI is InChI=1S/C20H21BrN2O3.ClH/c1-4-26-20(25)19-14-10-18(24)15(21)11-16(14)23(17(19)12-22(2)3)13-8-6-5-7-9-13;/h5-11,24H,4,12H2,1-3H3;1H/p-1. The summed E-state index contributed by atoms with van der Waals surface area (Å²) in [5, 5.41) is 10.9. The number of phenols is 1. The van der Waals surface area contributed by atoms with Crippen molar-refractivity contribution in [1.82, 2.24) is 9.47 Å². The number of para-hydroxylation sites is 1. The first-order chi connectivity index (χ1) is 12.4. The molecule has 0 fully saturated rings. The predicted molar refractivity (Wildman–Crippen MR) is 106 cm³/mol. The topological polar surface area (TPSA) is 54.7 Å². The number of halogens is 2. The van der Waals surface area contributed by atoms with Crippen molar-refractivity contribution < 1.29 is 27.0 Å². The molecule has 1 N–H and O–H groups in total. The Balaban J connectivity index is 0.00000261. The number of aromatic nitrogens is 1. The number of aromatic hydroxyl groups is 1. The van der Waals surface area contributed by atoms with Crippen molar-refractivity contribution >= 4 is 32.8 Å². The van der Waals surface area contributed by atoms with Gasteiger partial charge in [-0.1, -0.05) is 18.2 Å². The van der Waals surface area contributed by atoms with Gasteiger partial charge in [0.15, 0.2) is 0 Å². The van der Waals surface area contributed by atoms with E-state index in [1.54, 1.807) is 13.0 Å². The number of fused-ring (bicyclic) bond motifs is 1. The van der Waals surface area contributed by atoms with Gasteiger partial charge in [0.25, 0.3) is 0 Å². The number of benzene rings is 2. The molecular formula is C20H21BrClN2O3-. The fourth-order valence-electron chi connectivity index (χ4n) is 3.10. The fourth-order valence-corrected chi connectivity index (χ4v) is 3.43. The second-order valence-electron chi connectivity index (χ2n) is 6.27. The van der Waals surface area contributed by atoms with E-state index >= 15 is 0 Å². The minimum absolute atomic E-state index is 0. The van der Waals surface area contributed by atoms with Crippen LogP contribution >= 0.6 is 15.9 Å². The van der Waals surface area contributed by atoms with Crippen LogP contribution in [0.25, 0.3) is 16.6 Å². The lowest BCUT2D eigenvalue weighted by Crippen LogP contribution is -3.00. The van der Waals surface area contributed by atoms with E-state index in [1.807, 2.05) is 60.0 Å². The summed E-state index contributed by atoms with van der Waals surface area (Å²) in [6, 6.07) is 13.3. The summed E-state index contributed by atoms with van der Waals surface area (Å²) in [4.78, 5) is 14.8. The smallest absolute Gasteiger partial charge is 0.340 e. The Morgan fingerprint density at radius 1 is 1.22 bits per heavy atom. The summed E-state index contributed by atoms with van der Waals surface area (Å²) in [6.07, 6.45) is 0. The Bertz CT molecular complexity index is 955. The molecule has 144 valence electrons. The number of ether oxygens (including phenoxy) is 1. The molecule has 5 nitrogen and oxygen atoms in total. The number of carbonyl (C=O) groups excluding carboxylic acids is 1. The first kappa shape index (κ1) is 21.3. The molecule has 0 amide bonds. The number of nitrogens with zero attached hydrogens (tertiary/aromatic N) is 2. The molecule has 1 heterocycles. The molecule has 2 aromatic carbocycles. The third-order valence-electron chi connectivity index (χ3n) is 4.09. The quantitative estimate of drug-likeness (QED) is 0.594. The zero-order valence-corrected chi connectivity index (χ0v) is 17.7. The molecule has 1 aromatic heterocycles. The summed E-state index contributed by atoms with van der Waals surface area (Å²) in [7, 11) is 3.91.